The van der Waals surface area contributed by atoms with E-state index in [1.165, 1.54) is 11.3 Å². The molecule has 7 nitrogen and oxygen atoms in total. The first-order valence-electron chi connectivity index (χ1n) is 10.4. The number of hydrogen-bond donors (Lipinski definition) is 1. The molecule has 1 heterocycles. The molecule has 0 saturated heterocycles. The fourth-order valence-electron chi connectivity index (χ4n) is 3.23. The molecule has 0 aliphatic carbocycles. The van der Waals surface area contributed by atoms with Crippen molar-refractivity contribution in [3.8, 4) is 28.5 Å². The van der Waals surface area contributed by atoms with E-state index >= 15 is 0 Å². The first-order chi connectivity index (χ1) is 16.6. The van der Waals surface area contributed by atoms with Crippen LogP contribution in [0, 0.1) is 0 Å². The molecule has 1 aromatic heterocycles. The Bertz CT molecular complexity index is 1290. The predicted molar refractivity (Wildman–Crippen MR) is 131 cm³/mol. The van der Waals surface area contributed by atoms with Gasteiger partial charge in [-0.2, -0.15) is 0 Å². The average molecular weight is 475 g/mol. The summed E-state index contributed by atoms with van der Waals surface area (Å²) in [5.41, 5.74) is 2.64. The number of ketones is 1. The summed E-state index contributed by atoms with van der Waals surface area (Å²) in [5, 5.41) is 5.02. The maximum Gasteiger partial charge on any atom is 0.264 e. The second-order valence-electron chi connectivity index (χ2n) is 7.16. The summed E-state index contributed by atoms with van der Waals surface area (Å²) in [5.74, 6) is 1.38. The van der Waals surface area contributed by atoms with Crippen molar-refractivity contribution in [2.45, 2.75) is 0 Å². The van der Waals surface area contributed by atoms with Gasteiger partial charge < -0.3 is 14.2 Å². The lowest BCUT2D eigenvalue weighted by atomic mass is 10.0. The summed E-state index contributed by atoms with van der Waals surface area (Å²) in [6, 6.07) is 21.2. The third-order valence-corrected chi connectivity index (χ3v) is 5.72. The normalized spacial score (nSPS) is 10.4. The highest BCUT2D eigenvalue weighted by atomic mass is 32.1. The number of carbonyl (C=O) groups excluding carboxylic acids is 2. The summed E-state index contributed by atoms with van der Waals surface area (Å²) in [6.07, 6.45) is 0. The van der Waals surface area contributed by atoms with Gasteiger partial charge in [0, 0.05) is 28.1 Å². The van der Waals surface area contributed by atoms with Gasteiger partial charge in [-0.3, -0.25) is 14.9 Å². The standard InChI is InChI=1S/C26H22N2O5S/c1-31-20-12-13-21(23(14-20)32-2)22-16-34-26(27-22)28-24(29)15-33-19-10-8-18(9-11-19)25(30)17-6-4-3-5-7-17/h3-14,16H,15H2,1-2H3,(H,27,28,29). The van der Waals surface area contributed by atoms with Gasteiger partial charge in [0.25, 0.3) is 5.91 Å². The van der Waals surface area contributed by atoms with Gasteiger partial charge in [-0.15, -0.1) is 11.3 Å². The molecular weight excluding hydrogens is 452 g/mol. The zero-order valence-electron chi connectivity index (χ0n) is 18.6. The number of anilines is 1. The third kappa shape index (κ3) is 5.41. The molecule has 1 amide bonds. The topological polar surface area (TPSA) is 86.8 Å². The molecule has 0 spiro atoms. The van der Waals surface area contributed by atoms with Gasteiger partial charge in [-0.25, -0.2) is 4.98 Å². The second kappa shape index (κ2) is 10.6. The van der Waals surface area contributed by atoms with Crippen LogP contribution in [-0.2, 0) is 4.79 Å². The number of nitrogens with zero attached hydrogens (tertiary/aromatic N) is 1. The molecule has 8 heteroatoms. The van der Waals surface area contributed by atoms with Crippen LogP contribution in [0.15, 0.2) is 78.2 Å². The van der Waals surface area contributed by atoms with Gasteiger partial charge in [0.05, 0.1) is 19.9 Å². The van der Waals surface area contributed by atoms with E-state index < -0.39 is 0 Å². The van der Waals surface area contributed by atoms with Crippen molar-refractivity contribution in [2.24, 2.45) is 0 Å². The van der Waals surface area contributed by atoms with Gasteiger partial charge in [0.2, 0.25) is 0 Å². The Morgan fingerprint density at radius 3 is 2.29 bits per heavy atom. The SMILES string of the molecule is COc1ccc(-c2csc(NC(=O)COc3ccc(C(=O)c4ccccc4)cc3)n2)c(OC)c1. The number of nitrogens with one attached hydrogen (secondary N) is 1. The number of rotatable bonds is 9. The molecule has 4 rings (SSSR count). The van der Waals surface area contributed by atoms with E-state index in [1.807, 2.05) is 35.7 Å². The molecule has 0 fully saturated rings. The molecule has 172 valence electrons. The Hall–Kier alpha value is -4.17. The van der Waals surface area contributed by atoms with E-state index in [4.69, 9.17) is 14.2 Å². The van der Waals surface area contributed by atoms with Gasteiger partial charge in [-0.1, -0.05) is 30.3 Å². The van der Waals surface area contributed by atoms with Gasteiger partial charge in [0.15, 0.2) is 17.5 Å². The van der Waals surface area contributed by atoms with E-state index in [9.17, 15) is 9.59 Å². The zero-order valence-corrected chi connectivity index (χ0v) is 19.4. The summed E-state index contributed by atoms with van der Waals surface area (Å²) >= 11 is 1.30. The van der Waals surface area contributed by atoms with Crippen LogP contribution < -0.4 is 19.5 Å². The second-order valence-corrected chi connectivity index (χ2v) is 8.02. The summed E-state index contributed by atoms with van der Waals surface area (Å²) in [6.45, 7) is -0.188. The molecule has 0 atom stereocenters. The van der Waals surface area contributed by atoms with Crippen LogP contribution in [0.3, 0.4) is 0 Å². The molecule has 4 aromatic rings. The van der Waals surface area contributed by atoms with Gasteiger partial charge >= 0.3 is 0 Å². The highest BCUT2D eigenvalue weighted by Crippen LogP contribution is 2.34. The minimum absolute atomic E-state index is 0.0713. The first kappa shape index (κ1) is 23.0. The van der Waals surface area contributed by atoms with Crippen LogP contribution in [0.2, 0.25) is 0 Å². The van der Waals surface area contributed by atoms with Crippen LogP contribution >= 0.6 is 11.3 Å². The molecular formula is C26H22N2O5S. The molecule has 3 aromatic carbocycles. The Balaban J connectivity index is 1.34. The summed E-state index contributed by atoms with van der Waals surface area (Å²) < 4.78 is 16.2. The molecule has 0 unspecified atom stereocenters. The highest BCUT2D eigenvalue weighted by Gasteiger charge is 2.13. The van der Waals surface area contributed by atoms with E-state index in [0.29, 0.717) is 39.2 Å². The number of methoxy groups -OCH3 is 2. The summed E-state index contributed by atoms with van der Waals surface area (Å²) in [4.78, 5) is 29.3. The minimum Gasteiger partial charge on any atom is -0.497 e. The van der Waals surface area contributed by atoms with Crippen molar-refractivity contribution in [3.63, 3.8) is 0 Å². The van der Waals surface area contributed by atoms with E-state index in [-0.39, 0.29) is 18.3 Å². The number of thiazole rings is 1. The van der Waals surface area contributed by atoms with Gasteiger partial charge in [0.1, 0.15) is 17.2 Å². The molecule has 0 bridgehead atoms. The lowest BCUT2D eigenvalue weighted by Crippen LogP contribution is -2.20. The number of ether oxygens (including phenoxy) is 3. The highest BCUT2D eigenvalue weighted by molar-refractivity contribution is 7.14. The largest absolute Gasteiger partial charge is 0.497 e. The number of aromatic nitrogens is 1. The Morgan fingerprint density at radius 2 is 1.59 bits per heavy atom. The fourth-order valence-corrected chi connectivity index (χ4v) is 3.95. The van der Waals surface area contributed by atoms with Crippen LogP contribution in [0.25, 0.3) is 11.3 Å². The van der Waals surface area contributed by atoms with Crippen molar-refractivity contribution in [2.75, 3.05) is 26.1 Å². The average Bonchev–Trinajstić information content (AvgIpc) is 3.35. The van der Waals surface area contributed by atoms with Crippen molar-refractivity contribution in [1.29, 1.82) is 0 Å². The lowest BCUT2D eigenvalue weighted by Gasteiger charge is -2.08. The van der Waals surface area contributed by atoms with Crippen LogP contribution in [0.5, 0.6) is 17.2 Å². The van der Waals surface area contributed by atoms with Crippen molar-refractivity contribution in [1.82, 2.24) is 4.98 Å². The quantitative estimate of drug-likeness (QED) is 0.341. The third-order valence-electron chi connectivity index (χ3n) is 4.96. The number of amides is 1. The molecule has 34 heavy (non-hydrogen) atoms. The minimum atomic E-state index is -0.341. The van der Waals surface area contributed by atoms with Crippen molar-refractivity contribution in [3.05, 3.63) is 89.3 Å². The molecule has 1 N–H and O–H groups in total. The van der Waals surface area contributed by atoms with E-state index in [0.717, 1.165) is 5.56 Å². The molecule has 0 radical (unpaired) electrons. The smallest absolute Gasteiger partial charge is 0.264 e. The van der Waals surface area contributed by atoms with Crippen LogP contribution in [0.4, 0.5) is 5.13 Å². The number of hydrogen-bond acceptors (Lipinski definition) is 7. The van der Waals surface area contributed by atoms with Crippen LogP contribution in [-0.4, -0.2) is 37.5 Å². The maximum absolute atomic E-state index is 12.5. The number of benzene rings is 3. The monoisotopic (exact) mass is 474 g/mol. The van der Waals surface area contributed by atoms with Gasteiger partial charge in [-0.05, 0) is 36.4 Å². The Labute approximate surface area is 201 Å². The van der Waals surface area contributed by atoms with E-state index in [2.05, 4.69) is 10.3 Å². The van der Waals surface area contributed by atoms with E-state index in [1.54, 1.807) is 56.7 Å². The molecule has 0 saturated carbocycles. The van der Waals surface area contributed by atoms with Crippen molar-refractivity contribution < 1.29 is 23.8 Å². The molecule has 0 aliphatic rings. The number of carbonyl (C=O) groups is 2. The fraction of sp³-hybridized carbons (Fsp3) is 0.115. The van der Waals surface area contributed by atoms with Crippen molar-refractivity contribution >= 4 is 28.2 Å². The zero-order chi connectivity index (χ0) is 23.9. The Kier molecular flexibility index (Phi) is 7.19. The lowest BCUT2D eigenvalue weighted by molar-refractivity contribution is -0.118. The maximum atomic E-state index is 12.5. The van der Waals surface area contributed by atoms with Crippen LogP contribution in [0.1, 0.15) is 15.9 Å². The Morgan fingerprint density at radius 1 is 0.882 bits per heavy atom. The molecule has 0 aliphatic heterocycles. The first-order valence-corrected chi connectivity index (χ1v) is 11.3. The predicted octanol–water partition coefficient (Wildman–Crippen LogP) is 5.08. The summed E-state index contributed by atoms with van der Waals surface area (Å²) in [7, 11) is 3.17.